The topological polar surface area (TPSA) is 44.8 Å². The van der Waals surface area contributed by atoms with Gasteiger partial charge in [-0.3, -0.25) is 0 Å². The summed E-state index contributed by atoms with van der Waals surface area (Å²) in [5.74, 6) is 2.85. The van der Waals surface area contributed by atoms with E-state index in [-0.39, 0.29) is 35.6 Å². The Morgan fingerprint density at radius 2 is 1.57 bits per heavy atom. The van der Waals surface area contributed by atoms with Crippen LogP contribution >= 0.6 is 0 Å². The minimum atomic E-state index is -2.70. The number of rotatable bonds is 8. The minimum absolute atomic E-state index is 0.0266. The van der Waals surface area contributed by atoms with Gasteiger partial charge in [-0.25, -0.2) is 0 Å². The zero-order valence-corrected chi connectivity index (χ0v) is 23.4. The van der Waals surface area contributed by atoms with Crippen molar-refractivity contribution in [1.29, 1.82) is 0 Å². The smallest absolute Gasteiger partial charge is 0.261 e. The molecule has 4 rings (SSSR count). The third kappa shape index (κ3) is 6.33. The molecule has 0 N–H and O–H groups in total. The molecule has 196 valence electrons. The average Bonchev–Trinajstić information content (AvgIpc) is 2.87. The molecule has 0 spiro atoms. The summed E-state index contributed by atoms with van der Waals surface area (Å²) in [5.41, 5.74) is 1.13. The van der Waals surface area contributed by atoms with Gasteiger partial charge < -0.3 is 18.7 Å². The Balaban J connectivity index is 1.62. The van der Waals surface area contributed by atoms with E-state index in [4.69, 9.17) is 20.3 Å². The van der Waals surface area contributed by atoms with E-state index in [0.717, 1.165) is 31.1 Å². The van der Waals surface area contributed by atoms with Gasteiger partial charge in [0.15, 0.2) is 0 Å². The molecule has 0 aliphatic carbocycles. The summed E-state index contributed by atoms with van der Waals surface area (Å²) in [6.45, 7) is 11.1. The van der Waals surface area contributed by atoms with Crippen molar-refractivity contribution in [2.24, 2.45) is 0 Å². The molecule has 0 bridgehead atoms. The Bertz CT molecular complexity index is 1050. The molecule has 0 amide bonds. The van der Waals surface area contributed by atoms with E-state index in [1.807, 2.05) is 0 Å². The van der Waals surface area contributed by atoms with Gasteiger partial charge in [0.2, 0.25) is 0 Å². The van der Waals surface area contributed by atoms with Gasteiger partial charge in [-0.15, -0.1) is 6.42 Å². The van der Waals surface area contributed by atoms with Crippen molar-refractivity contribution < 1.29 is 18.7 Å². The van der Waals surface area contributed by atoms with Crippen LogP contribution in [0, 0.1) is 12.3 Å². The maximum Gasteiger partial charge on any atom is 0.261 e. The van der Waals surface area contributed by atoms with Crippen LogP contribution in [0.2, 0.25) is 5.04 Å². The quantitative estimate of drug-likeness (QED) is 0.210. The minimum Gasteiger partial charge on any atom is -0.404 e. The first-order valence-electron chi connectivity index (χ1n) is 13.4. The Kier molecular flexibility index (Phi) is 8.87. The van der Waals surface area contributed by atoms with E-state index in [1.54, 1.807) is 0 Å². The Labute approximate surface area is 223 Å². The average molecular weight is 517 g/mol. The summed E-state index contributed by atoms with van der Waals surface area (Å²) in [6.07, 6.45) is 10.4. The van der Waals surface area contributed by atoms with Gasteiger partial charge in [-0.2, -0.15) is 0 Å². The highest BCUT2D eigenvalue weighted by atomic mass is 28.4. The highest BCUT2D eigenvalue weighted by Gasteiger charge is 2.52. The largest absolute Gasteiger partial charge is 0.404 e. The molecule has 5 heteroatoms. The predicted molar refractivity (Wildman–Crippen MR) is 152 cm³/mol. The van der Waals surface area contributed by atoms with Crippen LogP contribution in [0.3, 0.4) is 0 Å². The molecule has 0 unspecified atom stereocenters. The number of carbonyl (C=O) groups excluding carboxylic acids is 1. The molecule has 37 heavy (non-hydrogen) atoms. The van der Waals surface area contributed by atoms with Gasteiger partial charge in [0.25, 0.3) is 8.32 Å². The van der Waals surface area contributed by atoms with E-state index in [9.17, 15) is 4.79 Å². The molecule has 2 fully saturated rings. The number of aldehydes is 1. The summed E-state index contributed by atoms with van der Waals surface area (Å²) in [6, 6.07) is 21.4. The number of carbonyl (C=O) groups is 1. The molecule has 0 aromatic heterocycles. The first-order valence-corrected chi connectivity index (χ1v) is 15.3. The monoisotopic (exact) mass is 516 g/mol. The summed E-state index contributed by atoms with van der Waals surface area (Å²) in [7, 11) is -2.70. The van der Waals surface area contributed by atoms with Crippen LogP contribution in [0.15, 0.2) is 72.8 Å². The van der Waals surface area contributed by atoms with Gasteiger partial charge in [-0.1, -0.05) is 99.5 Å². The SMILES string of the molecule is C#C[C@H]1C[C@H](O[Si](c2ccccc2)(c2ccccc2)C(C)(C)C)C[C@@H](C[C@H]2CC(=C)C[C@H](CC=O)O2)O1. The van der Waals surface area contributed by atoms with E-state index >= 15 is 0 Å². The maximum absolute atomic E-state index is 11.1. The zero-order chi connectivity index (χ0) is 26.5. The van der Waals surface area contributed by atoms with Crippen LogP contribution < -0.4 is 10.4 Å². The number of terminal acetylenes is 1. The second-order valence-corrected chi connectivity index (χ2v) is 15.7. The molecule has 2 heterocycles. The molecular weight excluding hydrogens is 476 g/mol. The lowest BCUT2D eigenvalue weighted by Gasteiger charge is -2.47. The molecule has 0 radical (unpaired) electrons. The molecule has 2 aromatic rings. The second-order valence-electron chi connectivity index (χ2n) is 11.5. The Morgan fingerprint density at radius 3 is 2.11 bits per heavy atom. The standard InChI is InChI=1S/C32H40O4Si/c1-6-25-21-29(23-28(34-25)22-27-20-24(2)19-26(35-27)17-18-33)36-37(32(3,4)5,30-13-9-7-10-14-30)31-15-11-8-12-16-31/h1,7-16,18,25-29H,2,17,19-23H2,3-5H3/t25-,26-,27+,28+,29-/m0/s1. The van der Waals surface area contributed by atoms with Crippen molar-refractivity contribution in [3.8, 4) is 12.3 Å². The van der Waals surface area contributed by atoms with Crippen LogP contribution in [0.4, 0.5) is 0 Å². The lowest BCUT2D eigenvalue weighted by molar-refractivity contribution is -0.118. The third-order valence-electron chi connectivity index (χ3n) is 7.61. The molecule has 4 nitrogen and oxygen atoms in total. The zero-order valence-electron chi connectivity index (χ0n) is 22.4. The Morgan fingerprint density at radius 1 is 0.973 bits per heavy atom. The van der Waals surface area contributed by atoms with Crippen LogP contribution in [0.1, 0.15) is 59.3 Å². The van der Waals surface area contributed by atoms with Gasteiger partial charge in [0.1, 0.15) is 12.4 Å². The van der Waals surface area contributed by atoms with E-state index < -0.39 is 8.32 Å². The predicted octanol–water partition coefficient (Wildman–Crippen LogP) is 5.20. The van der Waals surface area contributed by atoms with Crippen molar-refractivity contribution in [3.63, 3.8) is 0 Å². The van der Waals surface area contributed by atoms with Crippen LogP contribution in [-0.4, -0.2) is 45.1 Å². The van der Waals surface area contributed by atoms with Crippen molar-refractivity contribution >= 4 is 25.0 Å². The maximum atomic E-state index is 11.1. The highest BCUT2D eigenvalue weighted by Crippen LogP contribution is 2.40. The van der Waals surface area contributed by atoms with Gasteiger partial charge in [0.05, 0.1) is 24.4 Å². The fraction of sp³-hybridized carbons (Fsp3) is 0.469. The van der Waals surface area contributed by atoms with Gasteiger partial charge in [-0.05, 0) is 34.7 Å². The fourth-order valence-electron chi connectivity index (χ4n) is 6.04. The third-order valence-corrected chi connectivity index (χ3v) is 12.7. The Hall–Kier alpha value is -2.49. The number of benzene rings is 2. The normalized spacial score (nSPS) is 26.9. The van der Waals surface area contributed by atoms with Crippen LogP contribution in [-0.2, 0) is 18.7 Å². The fourth-order valence-corrected chi connectivity index (χ4v) is 10.7. The van der Waals surface area contributed by atoms with Gasteiger partial charge >= 0.3 is 0 Å². The van der Waals surface area contributed by atoms with E-state index in [1.165, 1.54) is 10.4 Å². The number of hydrogen-bond acceptors (Lipinski definition) is 4. The molecular formula is C32H40O4Si. The van der Waals surface area contributed by atoms with Crippen LogP contribution in [0.5, 0.6) is 0 Å². The molecule has 2 saturated heterocycles. The molecule has 2 aromatic carbocycles. The highest BCUT2D eigenvalue weighted by molar-refractivity contribution is 6.99. The van der Waals surface area contributed by atoms with E-state index in [2.05, 4.69) is 93.9 Å². The summed E-state index contributed by atoms with van der Waals surface area (Å²) in [5, 5.41) is 2.41. The number of hydrogen-bond donors (Lipinski definition) is 0. The van der Waals surface area contributed by atoms with E-state index in [0.29, 0.717) is 19.3 Å². The molecule has 2 aliphatic rings. The van der Waals surface area contributed by atoms with Crippen LogP contribution in [0.25, 0.3) is 0 Å². The lowest BCUT2D eigenvalue weighted by Crippen LogP contribution is -2.68. The first-order chi connectivity index (χ1) is 17.7. The summed E-state index contributed by atoms with van der Waals surface area (Å²) in [4.78, 5) is 11.1. The van der Waals surface area contributed by atoms with Crippen molar-refractivity contribution in [2.75, 3.05) is 0 Å². The van der Waals surface area contributed by atoms with Crippen molar-refractivity contribution in [2.45, 2.75) is 94.9 Å². The van der Waals surface area contributed by atoms with Crippen molar-refractivity contribution in [3.05, 3.63) is 72.8 Å². The molecule has 5 atom stereocenters. The van der Waals surface area contributed by atoms with Crippen molar-refractivity contribution in [1.82, 2.24) is 0 Å². The summed E-state index contributed by atoms with van der Waals surface area (Å²) < 4.78 is 20.0. The first kappa shape index (κ1) is 27.5. The van der Waals surface area contributed by atoms with Gasteiger partial charge in [0, 0.05) is 19.3 Å². The molecule has 2 aliphatic heterocycles. The number of ether oxygens (including phenoxy) is 2. The summed E-state index contributed by atoms with van der Waals surface area (Å²) >= 11 is 0. The molecule has 0 saturated carbocycles. The second kappa shape index (κ2) is 11.9. The lowest BCUT2D eigenvalue weighted by atomic mass is 9.91.